The molecule has 0 radical (unpaired) electrons. The van der Waals surface area contributed by atoms with Crippen LogP contribution in [0.1, 0.15) is 10.4 Å². The first-order valence-electron chi connectivity index (χ1n) is 8.82. The van der Waals surface area contributed by atoms with E-state index in [1.807, 2.05) is 42.5 Å². The highest BCUT2D eigenvalue weighted by Gasteiger charge is 2.35. The zero-order valence-corrected chi connectivity index (χ0v) is 15.5. The molecule has 4 rings (SSSR count). The topological polar surface area (TPSA) is 67.9 Å². The Morgan fingerprint density at radius 1 is 1.07 bits per heavy atom. The third kappa shape index (κ3) is 3.88. The number of thioether (sulfide) groups is 1. The fraction of sp³-hybridized carbons (Fsp3) is 0.300. The van der Waals surface area contributed by atoms with Gasteiger partial charge in [-0.3, -0.25) is 9.59 Å². The highest BCUT2D eigenvalue weighted by Crippen LogP contribution is 2.30. The third-order valence-electron chi connectivity index (χ3n) is 4.54. The first kappa shape index (κ1) is 17.7. The number of carbonyl (C=O) groups is 2. The average Bonchev–Trinajstić information content (AvgIpc) is 3.22. The molecule has 2 amide bonds. The predicted octanol–water partition coefficient (Wildman–Crippen LogP) is 2.16. The van der Waals surface area contributed by atoms with E-state index in [9.17, 15) is 9.59 Å². The van der Waals surface area contributed by atoms with Crippen LogP contribution in [-0.4, -0.2) is 53.6 Å². The molecule has 0 bridgehead atoms. The molecular weight excluding hydrogens is 364 g/mol. The summed E-state index contributed by atoms with van der Waals surface area (Å²) in [7, 11) is 0. The lowest BCUT2D eigenvalue weighted by molar-refractivity contribution is -0.125. The van der Waals surface area contributed by atoms with Crippen molar-refractivity contribution < 1.29 is 19.1 Å². The van der Waals surface area contributed by atoms with E-state index in [4.69, 9.17) is 9.47 Å². The molecule has 140 valence electrons. The smallest absolute Gasteiger partial charge is 0.255 e. The second-order valence-corrected chi connectivity index (χ2v) is 7.40. The second-order valence-electron chi connectivity index (χ2n) is 6.40. The number of para-hydroxylation sites is 2. The second kappa shape index (κ2) is 7.92. The van der Waals surface area contributed by atoms with Crippen LogP contribution in [0.15, 0.2) is 54.6 Å². The molecule has 0 saturated carbocycles. The zero-order valence-electron chi connectivity index (χ0n) is 14.7. The zero-order chi connectivity index (χ0) is 18.6. The standard InChI is InChI=1S/C20H20N2O4S/c23-19(21-10-15-11-25-17-8-4-5-9-18(17)26-15)16-12-27-13-22(16)20(24)14-6-2-1-3-7-14/h1-9,15-16H,10-13H2,(H,21,23)/t15?,16-/m0/s1. The molecule has 7 heteroatoms. The summed E-state index contributed by atoms with van der Waals surface area (Å²) in [5.41, 5.74) is 0.596. The number of benzene rings is 2. The Hall–Kier alpha value is -2.67. The number of nitrogens with one attached hydrogen (secondary N) is 1. The van der Waals surface area contributed by atoms with Crippen LogP contribution >= 0.6 is 11.8 Å². The van der Waals surface area contributed by atoms with Gasteiger partial charge >= 0.3 is 0 Å². The lowest BCUT2D eigenvalue weighted by Crippen LogP contribution is -2.50. The maximum atomic E-state index is 12.7. The quantitative estimate of drug-likeness (QED) is 0.875. The molecule has 1 saturated heterocycles. The van der Waals surface area contributed by atoms with E-state index in [2.05, 4.69) is 5.32 Å². The minimum absolute atomic E-state index is 0.119. The number of amides is 2. The Balaban J connectivity index is 1.35. The van der Waals surface area contributed by atoms with Gasteiger partial charge in [0.25, 0.3) is 5.91 Å². The van der Waals surface area contributed by atoms with Crippen molar-refractivity contribution in [3.8, 4) is 11.5 Å². The number of ether oxygens (including phenoxy) is 2. The minimum atomic E-state index is -0.473. The Kier molecular flexibility index (Phi) is 5.20. The normalized spacial score (nSPS) is 21.0. The van der Waals surface area contributed by atoms with Gasteiger partial charge in [0.2, 0.25) is 5.91 Å². The van der Waals surface area contributed by atoms with E-state index in [1.54, 1.807) is 28.8 Å². The van der Waals surface area contributed by atoms with Crippen LogP contribution in [0.5, 0.6) is 11.5 Å². The summed E-state index contributed by atoms with van der Waals surface area (Å²) in [5.74, 6) is 2.23. The molecule has 2 aromatic rings. The summed E-state index contributed by atoms with van der Waals surface area (Å²) in [6, 6.07) is 16.0. The van der Waals surface area contributed by atoms with E-state index >= 15 is 0 Å². The molecule has 2 aliphatic heterocycles. The summed E-state index contributed by atoms with van der Waals surface area (Å²) in [6.45, 7) is 0.713. The van der Waals surface area contributed by atoms with Gasteiger partial charge in [-0.25, -0.2) is 0 Å². The Bertz CT molecular complexity index is 830. The molecule has 2 aromatic carbocycles. The predicted molar refractivity (Wildman–Crippen MR) is 103 cm³/mol. The largest absolute Gasteiger partial charge is 0.486 e. The molecule has 2 heterocycles. The van der Waals surface area contributed by atoms with E-state index in [0.717, 1.165) is 0 Å². The molecule has 27 heavy (non-hydrogen) atoms. The van der Waals surface area contributed by atoms with Crippen molar-refractivity contribution in [1.29, 1.82) is 0 Å². The number of rotatable bonds is 4. The van der Waals surface area contributed by atoms with E-state index < -0.39 is 6.04 Å². The molecule has 0 aliphatic carbocycles. The van der Waals surface area contributed by atoms with Crippen molar-refractivity contribution in [3.05, 3.63) is 60.2 Å². The number of carbonyl (C=O) groups excluding carboxylic acids is 2. The van der Waals surface area contributed by atoms with E-state index in [-0.39, 0.29) is 17.9 Å². The van der Waals surface area contributed by atoms with Crippen molar-refractivity contribution in [3.63, 3.8) is 0 Å². The van der Waals surface area contributed by atoms with Crippen molar-refractivity contribution >= 4 is 23.6 Å². The summed E-state index contributed by atoms with van der Waals surface area (Å²) in [4.78, 5) is 27.0. The number of hydrogen-bond donors (Lipinski definition) is 1. The molecule has 1 fully saturated rings. The first-order chi connectivity index (χ1) is 13.2. The van der Waals surface area contributed by atoms with Crippen molar-refractivity contribution in [2.75, 3.05) is 24.8 Å². The van der Waals surface area contributed by atoms with Gasteiger partial charge in [0.1, 0.15) is 18.8 Å². The summed E-state index contributed by atoms with van der Waals surface area (Å²) >= 11 is 1.58. The highest BCUT2D eigenvalue weighted by molar-refractivity contribution is 7.99. The minimum Gasteiger partial charge on any atom is -0.486 e. The van der Waals surface area contributed by atoms with Gasteiger partial charge in [0, 0.05) is 11.3 Å². The van der Waals surface area contributed by atoms with Crippen molar-refractivity contribution in [1.82, 2.24) is 10.2 Å². The van der Waals surface area contributed by atoms with Crippen LogP contribution in [0.4, 0.5) is 0 Å². The van der Waals surface area contributed by atoms with Gasteiger partial charge in [0.15, 0.2) is 11.5 Å². The Morgan fingerprint density at radius 3 is 2.63 bits per heavy atom. The van der Waals surface area contributed by atoms with Crippen LogP contribution < -0.4 is 14.8 Å². The van der Waals surface area contributed by atoms with Crippen LogP contribution in [0, 0.1) is 0 Å². The van der Waals surface area contributed by atoms with Crippen molar-refractivity contribution in [2.24, 2.45) is 0 Å². The molecule has 1 N–H and O–H groups in total. The third-order valence-corrected chi connectivity index (χ3v) is 5.55. The average molecular weight is 384 g/mol. The van der Waals surface area contributed by atoms with Crippen LogP contribution in [0.25, 0.3) is 0 Å². The molecule has 1 unspecified atom stereocenters. The van der Waals surface area contributed by atoms with Gasteiger partial charge < -0.3 is 19.7 Å². The maximum absolute atomic E-state index is 12.7. The lowest BCUT2D eigenvalue weighted by Gasteiger charge is -2.28. The van der Waals surface area contributed by atoms with Crippen LogP contribution in [0.3, 0.4) is 0 Å². The van der Waals surface area contributed by atoms with Gasteiger partial charge in [-0.1, -0.05) is 30.3 Å². The molecule has 2 aliphatic rings. The Morgan fingerprint density at radius 2 is 1.81 bits per heavy atom. The van der Waals surface area contributed by atoms with Gasteiger partial charge in [0.05, 0.1) is 12.4 Å². The van der Waals surface area contributed by atoms with Gasteiger partial charge in [-0.2, -0.15) is 0 Å². The van der Waals surface area contributed by atoms with E-state index in [1.165, 1.54) is 0 Å². The van der Waals surface area contributed by atoms with Crippen LogP contribution in [0.2, 0.25) is 0 Å². The molecule has 2 atom stereocenters. The molecule has 0 spiro atoms. The molecule has 6 nitrogen and oxygen atoms in total. The number of fused-ring (bicyclic) bond motifs is 1. The highest BCUT2D eigenvalue weighted by atomic mass is 32.2. The number of nitrogens with zero attached hydrogens (tertiary/aromatic N) is 1. The van der Waals surface area contributed by atoms with Gasteiger partial charge in [-0.05, 0) is 24.3 Å². The summed E-state index contributed by atoms with van der Waals surface area (Å²) in [5, 5.41) is 2.91. The fourth-order valence-corrected chi connectivity index (χ4v) is 4.26. The molecule has 0 aromatic heterocycles. The monoisotopic (exact) mass is 384 g/mol. The van der Waals surface area contributed by atoms with Gasteiger partial charge in [-0.15, -0.1) is 11.8 Å². The van der Waals surface area contributed by atoms with E-state index in [0.29, 0.717) is 41.8 Å². The fourth-order valence-electron chi connectivity index (χ4n) is 3.10. The molecular formula is C20H20N2O4S. The van der Waals surface area contributed by atoms with Crippen LogP contribution in [-0.2, 0) is 4.79 Å². The van der Waals surface area contributed by atoms with Crippen molar-refractivity contribution in [2.45, 2.75) is 12.1 Å². The first-order valence-corrected chi connectivity index (χ1v) is 9.98. The summed E-state index contributed by atoms with van der Waals surface area (Å²) < 4.78 is 11.5. The Labute approximate surface area is 161 Å². The lowest BCUT2D eigenvalue weighted by atomic mass is 10.1. The number of hydrogen-bond acceptors (Lipinski definition) is 5. The SMILES string of the molecule is O=C(NCC1COc2ccccc2O1)[C@@H]1CSCN1C(=O)c1ccccc1. The maximum Gasteiger partial charge on any atom is 0.255 e. The summed E-state index contributed by atoms with van der Waals surface area (Å²) in [6.07, 6.45) is -0.254.